The normalized spacial score (nSPS) is 10.4. The molecule has 2 N–H and O–H groups in total. The maximum absolute atomic E-state index is 11.3. The predicted octanol–water partition coefficient (Wildman–Crippen LogP) is 1.31. The first-order valence-corrected chi connectivity index (χ1v) is 6.52. The van der Waals surface area contributed by atoms with Gasteiger partial charge >= 0.3 is 5.97 Å². The lowest BCUT2D eigenvalue weighted by molar-refractivity contribution is 0.0600. The molecular weight excluding hydrogens is 256 g/mol. The highest BCUT2D eigenvalue weighted by Gasteiger charge is 2.03. The van der Waals surface area contributed by atoms with Crippen molar-refractivity contribution >= 4 is 5.97 Å². The van der Waals surface area contributed by atoms with Crippen molar-refractivity contribution in [1.82, 2.24) is 20.5 Å². The van der Waals surface area contributed by atoms with Crippen LogP contribution in [0.5, 0.6) is 0 Å². The molecule has 2 aromatic rings. The number of hydrogen-bond acceptors (Lipinski definition) is 5. The van der Waals surface area contributed by atoms with E-state index in [0.29, 0.717) is 5.56 Å². The summed E-state index contributed by atoms with van der Waals surface area (Å²) in [6.45, 7) is 1.68. The number of aromatic amines is 1. The summed E-state index contributed by atoms with van der Waals surface area (Å²) in [5.74, 6) is 0.603. The number of nitrogens with one attached hydrogen (secondary N) is 2. The van der Waals surface area contributed by atoms with Crippen LogP contribution in [0.4, 0.5) is 0 Å². The zero-order valence-electron chi connectivity index (χ0n) is 11.4. The van der Waals surface area contributed by atoms with Crippen LogP contribution in [0.3, 0.4) is 0 Å². The molecule has 2 rings (SSSR count). The van der Waals surface area contributed by atoms with Crippen LogP contribution in [0.2, 0.25) is 0 Å². The molecule has 0 atom stereocenters. The Balaban J connectivity index is 1.67. The van der Waals surface area contributed by atoms with Gasteiger partial charge in [0.05, 0.1) is 12.7 Å². The van der Waals surface area contributed by atoms with Crippen LogP contribution in [-0.4, -0.2) is 34.8 Å². The first-order valence-electron chi connectivity index (χ1n) is 6.52. The first kappa shape index (κ1) is 14.2. The van der Waals surface area contributed by atoms with Crippen molar-refractivity contribution in [3.05, 3.63) is 47.5 Å². The second-order valence-corrected chi connectivity index (χ2v) is 4.40. The molecule has 6 nitrogen and oxygen atoms in total. The third-order valence-electron chi connectivity index (χ3n) is 2.94. The topological polar surface area (TPSA) is 79.9 Å². The molecule has 0 saturated carbocycles. The molecular formula is C14H18N4O2. The number of benzene rings is 1. The number of hydrogen-bond donors (Lipinski definition) is 2. The lowest BCUT2D eigenvalue weighted by Gasteiger charge is -2.05. The largest absolute Gasteiger partial charge is 0.465 e. The van der Waals surface area contributed by atoms with E-state index in [-0.39, 0.29) is 5.97 Å². The number of carbonyl (C=O) groups excluding carboxylic acids is 1. The van der Waals surface area contributed by atoms with E-state index in [1.807, 2.05) is 12.1 Å². The highest BCUT2D eigenvalue weighted by Crippen LogP contribution is 2.05. The van der Waals surface area contributed by atoms with E-state index < -0.39 is 0 Å². The van der Waals surface area contributed by atoms with Crippen LogP contribution in [0, 0.1) is 0 Å². The van der Waals surface area contributed by atoms with Crippen LogP contribution in [0.25, 0.3) is 0 Å². The van der Waals surface area contributed by atoms with Gasteiger partial charge in [-0.15, -0.1) is 0 Å². The molecule has 1 heterocycles. The maximum atomic E-state index is 11.3. The fourth-order valence-electron chi connectivity index (χ4n) is 1.84. The number of esters is 1. The number of carbonyl (C=O) groups is 1. The average molecular weight is 274 g/mol. The Bertz CT molecular complexity index is 523. The van der Waals surface area contributed by atoms with Gasteiger partial charge in [0.25, 0.3) is 0 Å². The van der Waals surface area contributed by atoms with E-state index >= 15 is 0 Å². The van der Waals surface area contributed by atoms with Crippen molar-refractivity contribution in [3.63, 3.8) is 0 Å². The number of nitrogens with zero attached hydrogens (tertiary/aromatic N) is 2. The van der Waals surface area contributed by atoms with Crippen molar-refractivity contribution < 1.29 is 9.53 Å². The van der Waals surface area contributed by atoms with E-state index in [1.54, 1.807) is 12.1 Å². The van der Waals surface area contributed by atoms with Gasteiger partial charge in [0.2, 0.25) is 0 Å². The zero-order chi connectivity index (χ0) is 14.2. The fourth-order valence-corrected chi connectivity index (χ4v) is 1.84. The van der Waals surface area contributed by atoms with Crippen molar-refractivity contribution in [2.45, 2.75) is 19.4 Å². The Labute approximate surface area is 117 Å². The minimum Gasteiger partial charge on any atom is -0.465 e. The molecule has 20 heavy (non-hydrogen) atoms. The first-order chi connectivity index (χ1) is 9.79. The third-order valence-corrected chi connectivity index (χ3v) is 2.94. The van der Waals surface area contributed by atoms with Crippen molar-refractivity contribution in [3.8, 4) is 0 Å². The molecule has 1 aromatic carbocycles. The van der Waals surface area contributed by atoms with Gasteiger partial charge < -0.3 is 10.1 Å². The summed E-state index contributed by atoms with van der Waals surface area (Å²) in [7, 11) is 1.38. The van der Waals surface area contributed by atoms with Crippen LogP contribution < -0.4 is 5.32 Å². The summed E-state index contributed by atoms with van der Waals surface area (Å²) >= 11 is 0. The molecule has 6 heteroatoms. The van der Waals surface area contributed by atoms with Gasteiger partial charge in [0.1, 0.15) is 12.2 Å². The van der Waals surface area contributed by atoms with Crippen LogP contribution in [0.15, 0.2) is 30.6 Å². The Kier molecular flexibility index (Phi) is 5.25. The minimum absolute atomic E-state index is 0.309. The molecule has 0 saturated heterocycles. The van der Waals surface area contributed by atoms with E-state index in [0.717, 1.165) is 37.3 Å². The Morgan fingerprint density at radius 2 is 2.15 bits per heavy atom. The number of ether oxygens (including phenoxy) is 1. The average Bonchev–Trinajstić information content (AvgIpc) is 3.00. The molecule has 0 spiro atoms. The molecule has 0 amide bonds. The Hall–Kier alpha value is -2.21. The second kappa shape index (κ2) is 7.40. The van der Waals surface area contributed by atoms with Gasteiger partial charge in [0, 0.05) is 13.0 Å². The lowest BCUT2D eigenvalue weighted by atomic mass is 10.1. The lowest BCUT2D eigenvalue weighted by Crippen LogP contribution is -2.15. The van der Waals surface area contributed by atoms with Gasteiger partial charge in [-0.25, -0.2) is 9.78 Å². The summed E-state index contributed by atoms with van der Waals surface area (Å²) in [6, 6.07) is 7.40. The van der Waals surface area contributed by atoms with Crippen LogP contribution in [-0.2, 0) is 17.7 Å². The molecule has 0 bridgehead atoms. The van der Waals surface area contributed by atoms with E-state index in [9.17, 15) is 4.79 Å². The summed E-state index contributed by atoms with van der Waals surface area (Å²) in [4.78, 5) is 15.4. The van der Waals surface area contributed by atoms with Crippen molar-refractivity contribution in [2.24, 2.45) is 0 Å². The van der Waals surface area contributed by atoms with Crippen molar-refractivity contribution in [1.29, 1.82) is 0 Å². The molecule has 0 fully saturated rings. The highest BCUT2D eigenvalue weighted by atomic mass is 16.5. The molecule has 0 aliphatic rings. The molecule has 0 radical (unpaired) electrons. The van der Waals surface area contributed by atoms with Gasteiger partial charge in [0.15, 0.2) is 0 Å². The van der Waals surface area contributed by atoms with Crippen LogP contribution >= 0.6 is 0 Å². The van der Waals surface area contributed by atoms with Gasteiger partial charge in [-0.05, 0) is 30.7 Å². The number of methoxy groups -OCH3 is 1. The molecule has 0 aliphatic heterocycles. The van der Waals surface area contributed by atoms with Crippen molar-refractivity contribution in [2.75, 3.05) is 13.7 Å². The van der Waals surface area contributed by atoms with Crippen LogP contribution in [0.1, 0.15) is 28.2 Å². The number of aryl methyl sites for hydroxylation is 1. The standard InChI is InChI=1S/C14H18N4O2/c1-20-14(19)12-6-4-11(5-7-12)9-15-8-2-3-13-16-10-17-18-13/h4-7,10,15H,2-3,8-9H2,1H3,(H,16,17,18). The summed E-state index contributed by atoms with van der Waals surface area (Å²) in [5, 5.41) is 9.99. The molecule has 0 unspecified atom stereocenters. The van der Waals surface area contributed by atoms with E-state index in [2.05, 4.69) is 25.2 Å². The number of H-pyrrole nitrogens is 1. The number of aromatic nitrogens is 3. The van der Waals surface area contributed by atoms with Gasteiger partial charge in [-0.1, -0.05) is 12.1 Å². The SMILES string of the molecule is COC(=O)c1ccc(CNCCCc2ncn[nH]2)cc1. The second-order valence-electron chi connectivity index (χ2n) is 4.40. The molecule has 106 valence electrons. The smallest absolute Gasteiger partial charge is 0.337 e. The highest BCUT2D eigenvalue weighted by molar-refractivity contribution is 5.89. The Morgan fingerprint density at radius 1 is 1.35 bits per heavy atom. The maximum Gasteiger partial charge on any atom is 0.337 e. The summed E-state index contributed by atoms with van der Waals surface area (Å²) in [6.07, 6.45) is 3.40. The fraction of sp³-hybridized carbons (Fsp3) is 0.357. The van der Waals surface area contributed by atoms with E-state index in [4.69, 9.17) is 0 Å². The Morgan fingerprint density at radius 3 is 2.80 bits per heavy atom. The third kappa shape index (κ3) is 4.17. The quantitative estimate of drug-likeness (QED) is 0.588. The summed E-state index contributed by atoms with van der Waals surface area (Å²) in [5.41, 5.74) is 1.71. The monoisotopic (exact) mass is 274 g/mol. The zero-order valence-corrected chi connectivity index (χ0v) is 11.4. The molecule has 1 aromatic heterocycles. The molecule has 0 aliphatic carbocycles. The van der Waals surface area contributed by atoms with Gasteiger partial charge in [-0.3, -0.25) is 5.10 Å². The number of rotatable bonds is 7. The summed E-state index contributed by atoms with van der Waals surface area (Å²) < 4.78 is 4.66. The predicted molar refractivity (Wildman–Crippen MR) is 74.2 cm³/mol. The van der Waals surface area contributed by atoms with Gasteiger partial charge in [-0.2, -0.15) is 5.10 Å². The minimum atomic E-state index is -0.309. The van der Waals surface area contributed by atoms with E-state index in [1.165, 1.54) is 13.4 Å².